The van der Waals surface area contributed by atoms with Crippen LogP contribution in [0.3, 0.4) is 0 Å². The van der Waals surface area contributed by atoms with E-state index in [1.165, 1.54) is 38.6 Å². The maximum atomic E-state index is 5.64. The van der Waals surface area contributed by atoms with Crippen LogP contribution < -0.4 is 11.3 Å². The lowest BCUT2D eigenvalue weighted by Crippen LogP contribution is -2.57. The summed E-state index contributed by atoms with van der Waals surface area (Å²) in [6.45, 7) is 3.46. The minimum atomic E-state index is 0.530. The van der Waals surface area contributed by atoms with Gasteiger partial charge >= 0.3 is 0 Å². The van der Waals surface area contributed by atoms with E-state index in [-0.39, 0.29) is 0 Å². The van der Waals surface area contributed by atoms with Gasteiger partial charge in [0, 0.05) is 19.1 Å². The van der Waals surface area contributed by atoms with Crippen LogP contribution >= 0.6 is 0 Å². The summed E-state index contributed by atoms with van der Waals surface area (Å²) < 4.78 is 0. The summed E-state index contributed by atoms with van der Waals surface area (Å²) in [7, 11) is 2.27. The van der Waals surface area contributed by atoms with Crippen molar-refractivity contribution in [2.24, 2.45) is 16.8 Å². The highest BCUT2D eigenvalue weighted by molar-refractivity contribution is 5.79. The molecule has 3 rings (SSSR count). The largest absolute Gasteiger partial charge is 0.342 e. The van der Waals surface area contributed by atoms with Crippen molar-refractivity contribution < 1.29 is 0 Å². The van der Waals surface area contributed by atoms with Gasteiger partial charge in [0.25, 0.3) is 0 Å². The number of hydrogen-bond acceptors (Lipinski definition) is 3. The molecule has 1 aliphatic carbocycles. The quantitative estimate of drug-likeness (QED) is 0.306. The second-order valence-corrected chi connectivity index (χ2v) is 6.01. The molecule has 3 fully saturated rings. The van der Waals surface area contributed by atoms with E-state index in [4.69, 9.17) is 5.84 Å². The number of nitrogens with two attached hydrogens (primary N) is 1. The zero-order valence-corrected chi connectivity index (χ0v) is 11.3. The van der Waals surface area contributed by atoms with Crippen LogP contribution in [0.4, 0.5) is 0 Å². The van der Waals surface area contributed by atoms with E-state index in [1.807, 2.05) is 0 Å². The Morgan fingerprint density at radius 1 is 1.22 bits per heavy atom. The van der Waals surface area contributed by atoms with Crippen molar-refractivity contribution in [3.63, 3.8) is 0 Å². The van der Waals surface area contributed by atoms with E-state index in [0.717, 1.165) is 31.0 Å². The van der Waals surface area contributed by atoms with Gasteiger partial charge in [-0.2, -0.15) is 0 Å². The van der Waals surface area contributed by atoms with Crippen molar-refractivity contribution in [3.8, 4) is 0 Å². The van der Waals surface area contributed by atoms with E-state index in [0.29, 0.717) is 6.04 Å². The normalized spacial score (nSPS) is 34.3. The second kappa shape index (κ2) is 5.05. The van der Waals surface area contributed by atoms with Gasteiger partial charge < -0.3 is 9.80 Å². The van der Waals surface area contributed by atoms with Crippen molar-refractivity contribution in [2.45, 2.75) is 44.2 Å². The first-order valence-electron chi connectivity index (χ1n) is 7.27. The van der Waals surface area contributed by atoms with E-state index in [9.17, 15) is 0 Å². The molecule has 102 valence electrons. The maximum absolute atomic E-state index is 5.64. The van der Waals surface area contributed by atoms with Crippen LogP contribution in [0.25, 0.3) is 0 Å². The Morgan fingerprint density at radius 3 is 2.78 bits per heavy atom. The molecule has 2 aliphatic heterocycles. The molecular formula is C13H25N5. The van der Waals surface area contributed by atoms with Gasteiger partial charge in [-0.15, -0.1) is 0 Å². The Bertz CT molecular complexity index is 325. The lowest BCUT2D eigenvalue weighted by Gasteiger charge is -2.46. The number of nitrogens with one attached hydrogen (secondary N) is 1. The molecule has 3 N–H and O–H groups in total. The molecule has 1 saturated carbocycles. The van der Waals surface area contributed by atoms with Crippen LogP contribution in [-0.4, -0.2) is 54.5 Å². The van der Waals surface area contributed by atoms with Crippen molar-refractivity contribution in [1.29, 1.82) is 0 Å². The van der Waals surface area contributed by atoms with Crippen molar-refractivity contribution >= 4 is 5.96 Å². The molecule has 0 aromatic heterocycles. The van der Waals surface area contributed by atoms with Crippen LogP contribution in [-0.2, 0) is 0 Å². The standard InChI is InChI=1S/C13H25N5/c1-17-7-2-3-10-9-18(8-6-12(10)17)13(16-14)15-11-4-5-11/h10-12H,2-9,14H2,1H3,(H,15,16). The molecule has 0 amide bonds. The van der Waals surface area contributed by atoms with E-state index in [2.05, 4.69) is 27.3 Å². The third kappa shape index (κ3) is 2.47. The van der Waals surface area contributed by atoms with E-state index >= 15 is 0 Å². The Labute approximate surface area is 109 Å². The van der Waals surface area contributed by atoms with Gasteiger partial charge in [0.2, 0.25) is 5.96 Å². The number of piperidine rings is 2. The van der Waals surface area contributed by atoms with Crippen LogP contribution in [0.5, 0.6) is 0 Å². The molecule has 2 atom stereocenters. The monoisotopic (exact) mass is 251 g/mol. The molecule has 0 radical (unpaired) electrons. The van der Waals surface area contributed by atoms with Gasteiger partial charge in [0.15, 0.2) is 0 Å². The molecule has 3 aliphatic rings. The summed E-state index contributed by atoms with van der Waals surface area (Å²) in [5, 5.41) is 0. The maximum Gasteiger partial charge on any atom is 0.208 e. The Morgan fingerprint density at radius 2 is 2.06 bits per heavy atom. The number of rotatable bonds is 1. The fraction of sp³-hybridized carbons (Fsp3) is 0.923. The third-order valence-corrected chi connectivity index (χ3v) is 4.63. The van der Waals surface area contributed by atoms with Gasteiger partial charge in [-0.25, -0.2) is 10.8 Å². The summed E-state index contributed by atoms with van der Waals surface area (Å²) in [5.41, 5.74) is 2.81. The van der Waals surface area contributed by atoms with Gasteiger partial charge in [-0.3, -0.25) is 5.43 Å². The molecule has 5 nitrogen and oxygen atoms in total. The molecule has 0 spiro atoms. The fourth-order valence-electron chi connectivity index (χ4n) is 3.43. The minimum Gasteiger partial charge on any atom is -0.342 e. The van der Waals surface area contributed by atoms with E-state index in [1.54, 1.807) is 0 Å². The molecule has 2 unspecified atom stereocenters. The topological polar surface area (TPSA) is 56.9 Å². The molecule has 2 heterocycles. The zero-order valence-electron chi connectivity index (χ0n) is 11.3. The van der Waals surface area contributed by atoms with Crippen LogP contribution in [0.2, 0.25) is 0 Å². The smallest absolute Gasteiger partial charge is 0.208 e. The summed E-state index contributed by atoms with van der Waals surface area (Å²) in [4.78, 5) is 9.58. The zero-order chi connectivity index (χ0) is 12.5. The minimum absolute atomic E-state index is 0.530. The van der Waals surface area contributed by atoms with Crippen LogP contribution in [0.1, 0.15) is 32.1 Å². The second-order valence-electron chi connectivity index (χ2n) is 6.01. The van der Waals surface area contributed by atoms with Gasteiger partial charge in [-0.05, 0) is 51.6 Å². The number of nitrogens with zero attached hydrogens (tertiary/aromatic N) is 3. The number of likely N-dealkylation sites (tertiary alicyclic amines) is 2. The third-order valence-electron chi connectivity index (χ3n) is 4.63. The highest BCUT2D eigenvalue weighted by Crippen LogP contribution is 2.30. The Kier molecular flexibility index (Phi) is 3.43. The Hall–Kier alpha value is -0.810. The van der Waals surface area contributed by atoms with Gasteiger partial charge in [0.05, 0.1) is 6.04 Å². The molecular weight excluding hydrogens is 226 g/mol. The predicted molar refractivity (Wildman–Crippen MR) is 73.1 cm³/mol. The summed E-state index contributed by atoms with van der Waals surface area (Å²) in [6, 6.07) is 1.30. The van der Waals surface area contributed by atoms with Crippen molar-refractivity contribution in [3.05, 3.63) is 0 Å². The number of aliphatic imine (C=N–C) groups is 1. The van der Waals surface area contributed by atoms with Gasteiger partial charge in [-0.1, -0.05) is 0 Å². The first-order valence-corrected chi connectivity index (χ1v) is 7.27. The average molecular weight is 251 g/mol. The lowest BCUT2D eigenvalue weighted by molar-refractivity contribution is 0.0619. The van der Waals surface area contributed by atoms with Crippen LogP contribution in [0.15, 0.2) is 4.99 Å². The average Bonchev–Trinajstić information content (AvgIpc) is 3.20. The SMILES string of the molecule is CN1CCCC2CN(C(=NC3CC3)NN)CCC21. The molecule has 0 aromatic rings. The first kappa shape index (κ1) is 12.2. The lowest BCUT2D eigenvalue weighted by atomic mass is 9.84. The highest BCUT2D eigenvalue weighted by atomic mass is 15.4. The Balaban J connectivity index is 1.65. The molecule has 5 heteroatoms. The van der Waals surface area contributed by atoms with E-state index < -0.39 is 0 Å². The number of guanidine groups is 1. The summed E-state index contributed by atoms with van der Waals surface area (Å²) in [6.07, 6.45) is 6.39. The number of hydrazine groups is 1. The van der Waals surface area contributed by atoms with Crippen molar-refractivity contribution in [2.75, 3.05) is 26.7 Å². The summed E-state index contributed by atoms with van der Waals surface area (Å²) >= 11 is 0. The number of hydrogen-bond donors (Lipinski definition) is 2. The van der Waals surface area contributed by atoms with Crippen molar-refractivity contribution in [1.82, 2.24) is 15.2 Å². The fourth-order valence-corrected chi connectivity index (χ4v) is 3.43. The first-order chi connectivity index (χ1) is 8.78. The van der Waals surface area contributed by atoms with Crippen LogP contribution in [0, 0.1) is 5.92 Å². The molecule has 0 aromatic carbocycles. The molecule has 18 heavy (non-hydrogen) atoms. The predicted octanol–water partition coefficient (Wildman–Crippen LogP) is 0.384. The molecule has 0 bridgehead atoms. The van der Waals surface area contributed by atoms with Gasteiger partial charge in [0.1, 0.15) is 0 Å². The highest BCUT2D eigenvalue weighted by Gasteiger charge is 2.35. The summed E-state index contributed by atoms with van der Waals surface area (Å²) in [5.74, 6) is 7.35. The molecule has 2 saturated heterocycles. The number of fused-ring (bicyclic) bond motifs is 1.